The zero-order valence-corrected chi connectivity index (χ0v) is 12.1. The van der Waals surface area contributed by atoms with Crippen LogP contribution in [0.4, 0.5) is 5.69 Å². The zero-order valence-electron chi connectivity index (χ0n) is 10.5. The van der Waals surface area contributed by atoms with Crippen molar-refractivity contribution in [2.75, 3.05) is 10.6 Å². The second kappa shape index (κ2) is 6.86. The molecule has 2 aromatic carbocycles. The summed E-state index contributed by atoms with van der Waals surface area (Å²) in [5.41, 5.74) is 0.991. The molecule has 0 spiro atoms. The van der Waals surface area contributed by atoms with Crippen molar-refractivity contribution in [2.24, 2.45) is 0 Å². The molecular weight excluding hydrogens is 322 g/mol. The fourth-order valence-electron chi connectivity index (χ4n) is 1.61. The number of alkyl halides is 1. The molecule has 102 valence electrons. The van der Waals surface area contributed by atoms with Gasteiger partial charge in [0, 0.05) is 5.69 Å². The van der Waals surface area contributed by atoms with E-state index in [1.54, 1.807) is 36.4 Å². The number of amides is 1. The van der Waals surface area contributed by atoms with Gasteiger partial charge in [-0.15, -0.1) is 0 Å². The summed E-state index contributed by atoms with van der Waals surface area (Å²) in [6.07, 6.45) is 0. The standard InChI is InChI=1S/C15H12BrNO3/c16-10-14(18)20-13-9-5-4-8-12(13)15(19)17-11-6-2-1-3-7-11/h1-9H,10H2,(H,17,19). The van der Waals surface area contributed by atoms with E-state index < -0.39 is 5.97 Å². The topological polar surface area (TPSA) is 55.4 Å². The molecule has 5 heteroatoms. The Morgan fingerprint density at radius 2 is 1.65 bits per heavy atom. The average Bonchev–Trinajstić information content (AvgIpc) is 2.48. The number of carbonyl (C=O) groups excluding carboxylic acids is 2. The Morgan fingerprint density at radius 1 is 1.00 bits per heavy atom. The maximum atomic E-state index is 12.2. The van der Waals surface area contributed by atoms with Crippen molar-refractivity contribution in [2.45, 2.75) is 0 Å². The Balaban J connectivity index is 2.19. The van der Waals surface area contributed by atoms with Gasteiger partial charge in [-0.1, -0.05) is 46.3 Å². The molecular formula is C15H12BrNO3. The minimum Gasteiger partial charge on any atom is -0.425 e. The molecule has 0 aliphatic carbocycles. The third-order valence-corrected chi connectivity index (χ3v) is 2.95. The van der Waals surface area contributed by atoms with E-state index in [0.717, 1.165) is 0 Å². The molecule has 0 aromatic heterocycles. The van der Waals surface area contributed by atoms with Gasteiger partial charge in [-0.2, -0.15) is 0 Å². The van der Waals surface area contributed by atoms with E-state index in [-0.39, 0.29) is 17.0 Å². The molecule has 0 saturated heterocycles. The number of hydrogen-bond acceptors (Lipinski definition) is 3. The van der Waals surface area contributed by atoms with Crippen molar-refractivity contribution in [3.8, 4) is 5.75 Å². The van der Waals surface area contributed by atoms with Gasteiger partial charge in [-0.3, -0.25) is 9.59 Å². The number of para-hydroxylation sites is 2. The minimum absolute atomic E-state index is 0.0711. The summed E-state index contributed by atoms with van der Waals surface area (Å²) in [6.45, 7) is 0. The van der Waals surface area contributed by atoms with E-state index >= 15 is 0 Å². The molecule has 0 fully saturated rings. The second-order valence-corrected chi connectivity index (χ2v) is 4.48. The number of rotatable bonds is 4. The number of anilines is 1. The molecule has 20 heavy (non-hydrogen) atoms. The summed E-state index contributed by atoms with van der Waals surface area (Å²) >= 11 is 3.01. The molecule has 1 N–H and O–H groups in total. The fraction of sp³-hybridized carbons (Fsp3) is 0.0667. The van der Waals surface area contributed by atoms with E-state index in [9.17, 15) is 9.59 Å². The Kier molecular flexibility index (Phi) is 4.90. The van der Waals surface area contributed by atoms with Gasteiger partial charge in [-0.25, -0.2) is 0 Å². The highest BCUT2D eigenvalue weighted by molar-refractivity contribution is 9.09. The number of benzene rings is 2. The van der Waals surface area contributed by atoms with Crippen molar-refractivity contribution in [1.29, 1.82) is 0 Å². The second-order valence-electron chi connectivity index (χ2n) is 3.92. The average molecular weight is 334 g/mol. The summed E-state index contributed by atoms with van der Waals surface area (Å²) in [6, 6.07) is 15.7. The summed E-state index contributed by atoms with van der Waals surface area (Å²) in [7, 11) is 0. The van der Waals surface area contributed by atoms with Crippen LogP contribution in [-0.4, -0.2) is 17.2 Å². The molecule has 2 aromatic rings. The van der Waals surface area contributed by atoms with Crippen molar-refractivity contribution in [3.63, 3.8) is 0 Å². The first-order valence-electron chi connectivity index (χ1n) is 5.93. The normalized spacial score (nSPS) is 9.85. The molecule has 0 saturated carbocycles. The first kappa shape index (κ1) is 14.3. The molecule has 0 aliphatic heterocycles. The van der Waals surface area contributed by atoms with Crippen LogP contribution in [0.1, 0.15) is 10.4 Å². The Hall–Kier alpha value is -2.14. The summed E-state index contributed by atoms with van der Waals surface area (Å²) in [5, 5.41) is 2.82. The largest absolute Gasteiger partial charge is 0.425 e. The molecule has 0 heterocycles. The third kappa shape index (κ3) is 3.68. The van der Waals surface area contributed by atoms with E-state index in [4.69, 9.17) is 4.74 Å². The van der Waals surface area contributed by atoms with Gasteiger partial charge >= 0.3 is 5.97 Å². The van der Waals surface area contributed by atoms with Crippen LogP contribution < -0.4 is 10.1 Å². The van der Waals surface area contributed by atoms with Gasteiger partial charge in [0.05, 0.1) is 5.56 Å². The Labute approximate surface area is 124 Å². The summed E-state index contributed by atoms with van der Waals surface area (Å²) < 4.78 is 5.11. The molecule has 0 unspecified atom stereocenters. The number of esters is 1. The van der Waals surface area contributed by atoms with Gasteiger partial charge in [0.25, 0.3) is 5.91 Å². The van der Waals surface area contributed by atoms with Crippen LogP contribution in [-0.2, 0) is 4.79 Å². The first-order chi connectivity index (χ1) is 9.70. The number of carbonyl (C=O) groups is 2. The van der Waals surface area contributed by atoms with Crippen LogP contribution >= 0.6 is 15.9 Å². The lowest BCUT2D eigenvalue weighted by atomic mass is 10.2. The maximum absolute atomic E-state index is 12.2. The van der Waals surface area contributed by atoms with Crippen LogP contribution in [0.5, 0.6) is 5.75 Å². The third-order valence-electron chi connectivity index (χ3n) is 2.50. The SMILES string of the molecule is O=C(CBr)Oc1ccccc1C(=O)Nc1ccccc1. The maximum Gasteiger partial charge on any atom is 0.321 e. The lowest BCUT2D eigenvalue weighted by molar-refractivity contribution is -0.131. The quantitative estimate of drug-likeness (QED) is 0.531. The van der Waals surface area contributed by atoms with Gasteiger partial charge < -0.3 is 10.1 Å². The molecule has 0 atom stereocenters. The molecule has 2 rings (SSSR count). The summed E-state index contributed by atoms with van der Waals surface area (Å²) in [4.78, 5) is 23.5. The smallest absolute Gasteiger partial charge is 0.321 e. The lowest BCUT2D eigenvalue weighted by Crippen LogP contribution is -2.16. The highest BCUT2D eigenvalue weighted by Crippen LogP contribution is 2.20. The van der Waals surface area contributed by atoms with Crippen molar-refractivity contribution in [1.82, 2.24) is 0 Å². The number of hydrogen-bond donors (Lipinski definition) is 1. The van der Waals surface area contributed by atoms with Crippen LogP contribution in [0.2, 0.25) is 0 Å². The van der Waals surface area contributed by atoms with Crippen molar-refractivity contribution < 1.29 is 14.3 Å². The highest BCUT2D eigenvalue weighted by Gasteiger charge is 2.14. The van der Waals surface area contributed by atoms with Gasteiger partial charge in [-0.05, 0) is 24.3 Å². The van der Waals surface area contributed by atoms with Gasteiger partial charge in [0.2, 0.25) is 0 Å². The van der Waals surface area contributed by atoms with E-state index in [2.05, 4.69) is 21.2 Å². The molecule has 0 radical (unpaired) electrons. The van der Waals surface area contributed by atoms with Crippen molar-refractivity contribution in [3.05, 3.63) is 60.2 Å². The predicted octanol–water partition coefficient (Wildman–Crippen LogP) is 3.24. The Morgan fingerprint density at radius 3 is 2.35 bits per heavy atom. The zero-order chi connectivity index (χ0) is 14.4. The monoisotopic (exact) mass is 333 g/mol. The van der Waals surface area contributed by atoms with Crippen LogP contribution in [0.3, 0.4) is 0 Å². The van der Waals surface area contributed by atoms with E-state index in [1.165, 1.54) is 0 Å². The van der Waals surface area contributed by atoms with Crippen LogP contribution in [0.25, 0.3) is 0 Å². The van der Waals surface area contributed by atoms with Crippen LogP contribution in [0.15, 0.2) is 54.6 Å². The van der Waals surface area contributed by atoms with Gasteiger partial charge in [0.1, 0.15) is 11.1 Å². The fourth-order valence-corrected chi connectivity index (χ4v) is 1.73. The molecule has 0 aliphatic rings. The predicted molar refractivity (Wildman–Crippen MR) is 80.3 cm³/mol. The lowest BCUT2D eigenvalue weighted by Gasteiger charge is -2.09. The highest BCUT2D eigenvalue weighted by atomic mass is 79.9. The van der Waals surface area contributed by atoms with Crippen LogP contribution in [0, 0.1) is 0 Å². The molecule has 1 amide bonds. The number of ether oxygens (including phenoxy) is 1. The first-order valence-corrected chi connectivity index (χ1v) is 7.05. The van der Waals surface area contributed by atoms with Gasteiger partial charge in [0.15, 0.2) is 0 Å². The van der Waals surface area contributed by atoms with Crippen molar-refractivity contribution >= 4 is 33.5 Å². The minimum atomic E-state index is -0.454. The number of halogens is 1. The van der Waals surface area contributed by atoms with E-state index in [1.807, 2.05) is 18.2 Å². The molecule has 0 bridgehead atoms. The number of nitrogens with one attached hydrogen (secondary N) is 1. The van der Waals surface area contributed by atoms with E-state index in [0.29, 0.717) is 11.3 Å². The summed E-state index contributed by atoms with van der Waals surface area (Å²) in [5.74, 6) is -0.537. The Bertz CT molecular complexity index is 614. The molecule has 4 nitrogen and oxygen atoms in total.